The lowest BCUT2D eigenvalue weighted by Crippen LogP contribution is -2.37. The first-order chi connectivity index (χ1) is 11.8. The van der Waals surface area contributed by atoms with E-state index in [9.17, 15) is 13.2 Å². The lowest BCUT2D eigenvalue weighted by Gasteiger charge is -2.09. The van der Waals surface area contributed by atoms with Crippen molar-refractivity contribution in [1.82, 2.24) is 10.0 Å². The molecule has 0 radical (unpaired) electrons. The summed E-state index contributed by atoms with van der Waals surface area (Å²) in [6.07, 6.45) is 0.646. The van der Waals surface area contributed by atoms with Gasteiger partial charge in [0.15, 0.2) is 0 Å². The summed E-state index contributed by atoms with van der Waals surface area (Å²) >= 11 is 5.81. The van der Waals surface area contributed by atoms with Gasteiger partial charge in [0.25, 0.3) is 0 Å². The number of nitrogens with one attached hydrogen (secondary N) is 2. The molecule has 0 spiro atoms. The zero-order valence-corrected chi connectivity index (χ0v) is 15.7. The summed E-state index contributed by atoms with van der Waals surface area (Å²) < 4.78 is 26.8. The summed E-state index contributed by atoms with van der Waals surface area (Å²) in [5, 5.41) is 3.35. The summed E-state index contributed by atoms with van der Waals surface area (Å²) in [6.45, 7) is 3.88. The fourth-order valence-electron chi connectivity index (χ4n) is 2.18. The molecule has 25 heavy (non-hydrogen) atoms. The number of halogens is 1. The molecular weight excluding hydrogens is 360 g/mol. The first kappa shape index (κ1) is 19.4. The predicted octanol–water partition coefficient (Wildman–Crippen LogP) is 2.59. The summed E-state index contributed by atoms with van der Waals surface area (Å²) in [6, 6.07) is 12.2. The molecule has 2 N–H and O–H groups in total. The molecule has 0 aliphatic rings. The van der Waals surface area contributed by atoms with E-state index in [1.807, 2.05) is 26.0 Å². The lowest BCUT2D eigenvalue weighted by molar-refractivity contribution is -0.119. The zero-order chi connectivity index (χ0) is 18.4. The molecule has 7 heteroatoms. The Hall–Kier alpha value is -1.89. The molecule has 134 valence electrons. The second-order valence-electron chi connectivity index (χ2n) is 5.80. The highest BCUT2D eigenvalue weighted by molar-refractivity contribution is 7.89. The summed E-state index contributed by atoms with van der Waals surface area (Å²) in [7, 11) is -3.70. The van der Waals surface area contributed by atoms with Gasteiger partial charge in [-0.25, -0.2) is 13.1 Å². The molecule has 0 bridgehead atoms. The highest BCUT2D eigenvalue weighted by atomic mass is 35.5. The lowest BCUT2D eigenvalue weighted by atomic mass is 10.1. The van der Waals surface area contributed by atoms with Crippen LogP contribution in [0.5, 0.6) is 0 Å². The summed E-state index contributed by atoms with van der Waals surface area (Å²) in [5.41, 5.74) is 2.94. The number of carbonyl (C=O) groups is 1. The van der Waals surface area contributed by atoms with Gasteiger partial charge in [-0.2, -0.15) is 0 Å². The number of carbonyl (C=O) groups excluding carboxylic acids is 1. The van der Waals surface area contributed by atoms with Crippen molar-refractivity contribution in [3.05, 3.63) is 64.2 Å². The van der Waals surface area contributed by atoms with Crippen molar-refractivity contribution in [2.24, 2.45) is 0 Å². The minimum absolute atomic E-state index is 0.157. The minimum atomic E-state index is -3.70. The Morgan fingerprint density at radius 3 is 2.36 bits per heavy atom. The third kappa shape index (κ3) is 5.85. The summed E-state index contributed by atoms with van der Waals surface area (Å²) in [5.74, 6) is -0.374. The van der Waals surface area contributed by atoms with Crippen LogP contribution in [0.15, 0.2) is 47.4 Å². The fraction of sp³-hybridized carbons (Fsp3) is 0.278. The van der Waals surface area contributed by atoms with Gasteiger partial charge >= 0.3 is 0 Å². The highest BCUT2D eigenvalue weighted by Crippen LogP contribution is 2.14. The van der Waals surface area contributed by atoms with Gasteiger partial charge in [-0.1, -0.05) is 29.8 Å². The van der Waals surface area contributed by atoms with E-state index in [-0.39, 0.29) is 17.3 Å². The molecule has 2 aromatic carbocycles. The molecule has 0 aliphatic carbocycles. The van der Waals surface area contributed by atoms with Crippen LogP contribution in [0.1, 0.15) is 16.7 Å². The van der Waals surface area contributed by atoms with Crippen LogP contribution in [0.25, 0.3) is 0 Å². The van der Waals surface area contributed by atoms with Gasteiger partial charge in [0.2, 0.25) is 15.9 Å². The molecule has 0 saturated carbocycles. The van der Waals surface area contributed by atoms with Gasteiger partial charge < -0.3 is 5.32 Å². The van der Waals surface area contributed by atoms with Gasteiger partial charge in [-0.05, 0) is 61.2 Å². The van der Waals surface area contributed by atoms with Crippen molar-refractivity contribution < 1.29 is 13.2 Å². The number of benzene rings is 2. The van der Waals surface area contributed by atoms with Crippen LogP contribution < -0.4 is 10.0 Å². The molecule has 0 fully saturated rings. The number of rotatable bonds is 7. The maximum absolute atomic E-state index is 12.2. The second kappa shape index (κ2) is 8.47. The molecular formula is C18H21ClN2O3S. The Balaban J connectivity index is 1.82. The monoisotopic (exact) mass is 380 g/mol. The van der Waals surface area contributed by atoms with Crippen LogP contribution in [-0.2, 0) is 21.2 Å². The molecule has 5 nitrogen and oxygen atoms in total. The van der Waals surface area contributed by atoms with E-state index in [1.54, 1.807) is 24.3 Å². The van der Waals surface area contributed by atoms with Crippen molar-refractivity contribution in [2.75, 3.05) is 13.1 Å². The zero-order valence-electron chi connectivity index (χ0n) is 14.2. The van der Waals surface area contributed by atoms with Crippen LogP contribution in [0.3, 0.4) is 0 Å². The molecule has 0 aliphatic heterocycles. The van der Waals surface area contributed by atoms with Crippen LogP contribution in [-0.4, -0.2) is 27.4 Å². The molecule has 2 aromatic rings. The predicted molar refractivity (Wildman–Crippen MR) is 99.3 cm³/mol. The van der Waals surface area contributed by atoms with Crippen LogP contribution in [0, 0.1) is 13.8 Å². The topological polar surface area (TPSA) is 75.3 Å². The average molecular weight is 381 g/mol. The molecule has 1 amide bonds. The summed E-state index contributed by atoms with van der Waals surface area (Å²) in [4.78, 5) is 12.0. The van der Waals surface area contributed by atoms with Crippen molar-refractivity contribution in [2.45, 2.75) is 25.2 Å². The standard InChI is InChI=1S/C18H21ClN2O3S/c1-13-3-8-17(11-14(13)2)25(23,24)21-12-18(22)20-10-9-15-4-6-16(19)7-5-15/h3-8,11,21H,9-10,12H2,1-2H3,(H,20,22). The molecule has 0 saturated heterocycles. The Morgan fingerprint density at radius 2 is 1.72 bits per heavy atom. The number of hydrogen-bond acceptors (Lipinski definition) is 3. The van der Waals surface area contributed by atoms with Crippen molar-refractivity contribution >= 4 is 27.5 Å². The minimum Gasteiger partial charge on any atom is -0.355 e. The second-order valence-corrected chi connectivity index (χ2v) is 8.00. The molecule has 0 aromatic heterocycles. The van der Waals surface area contributed by atoms with Crippen LogP contribution >= 0.6 is 11.6 Å². The van der Waals surface area contributed by atoms with E-state index in [2.05, 4.69) is 10.0 Å². The largest absolute Gasteiger partial charge is 0.355 e. The van der Waals surface area contributed by atoms with Gasteiger partial charge in [-0.15, -0.1) is 0 Å². The van der Waals surface area contributed by atoms with Gasteiger partial charge in [0.05, 0.1) is 11.4 Å². The van der Waals surface area contributed by atoms with E-state index in [0.29, 0.717) is 18.0 Å². The van der Waals surface area contributed by atoms with Gasteiger partial charge in [-0.3, -0.25) is 4.79 Å². The Bertz CT molecular complexity index is 849. The smallest absolute Gasteiger partial charge is 0.241 e. The fourth-order valence-corrected chi connectivity index (χ4v) is 3.38. The Morgan fingerprint density at radius 1 is 1.04 bits per heavy atom. The van der Waals surface area contributed by atoms with Gasteiger partial charge in [0.1, 0.15) is 0 Å². The van der Waals surface area contributed by atoms with Crippen LogP contribution in [0.4, 0.5) is 0 Å². The van der Waals surface area contributed by atoms with E-state index in [1.165, 1.54) is 6.07 Å². The third-order valence-corrected chi connectivity index (χ3v) is 5.51. The molecule has 0 unspecified atom stereocenters. The quantitative estimate of drug-likeness (QED) is 0.775. The number of aryl methyl sites for hydroxylation is 2. The normalized spacial score (nSPS) is 11.3. The number of amides is 1. The first-order valence-electron chi connectivity index (χ1n) is 7.86. The van der Waals surface area contributed by atoms with Crippen molar-refractivity contribution in [3.63, 3.8) is 0 Å². The van der Waals surface area contributed by atoms with Gasteiger partial charge in [0, 0.05) is 11.6 Å². The van der Waals surface area contributed by atoms with E-state index >= 15 is 0 Å². The SMILES string of the molecule is Cc1ccc(S(=O)(=O)NCC(=O)NCCc2ccc(Cl)cc2)cc1C. The third-order valence-electron chi connectivity index (χ3n) is 3.86. The van der Waals surface area contributed by atoms with E-state index in [0.717, 1.165) is 16.7 Å². The molecule has 2 rings (SSSR count). The maximum atomic E-state index is 12.2. The average Bonchev–Trinajstić information content (AvgIpc) is 2.57. The highest BCUT2D eigenvalue weighted by Gasteiger charge is 2.15. The number of sulfonamides is 1. The van der Waals surface area contributed by atoms with Crippen molar-refractivity contribution in [3.8, 4) is 0 Å². The Labute approximate surface area is 153 Å². The first-order valence-corrected chi connectivity index (χ1v) is 9.72. The van der Waals surface area contributed by atoms with E-state index < -0.39 is 10.0 Å². The van der Waals surface area contributed by atoms with Crippen LogP contribution in [0.2, 0.25) is 5.02 Å². The number of hydrogen-bond donors (Lipinski definition) is 2. The van der Waals surface area contributed by atoms with E-state index in [4.69, 9.17) is 11.6 Å². The molecule has 0 heterocycles. The molecule has 0 atom stereocenters. The maximum Gasteiger partial charge on any atom is 0.241 e. The Kier molecular flexibility index (Phi) is 6.58. The van der Waals surface area contributed by atoms with Crippen molar-refractivity contribution in [1.29, 1.82) is 0 Å².